The van der Waals surface area contributed by atoms with Crippen molar-refractivity contribution in [2.45, 2.75) is 33.1 Å². The molecule has 0 aliphatic rings. The number of benzene rings is 1. The van der Waals surface area contributed by atoms with Crippen LogP contribution >= 0.6 is 27.5 Å². The Labute approximate surface area is 123 Å². The van der Waals surface area contributed by atoms with Crippen LogP contribution in [-0.2, 0) is 0 Å². The molecule has 1 rings (SSSR count). The van der Waals surface area contributed by atoms with E-state index in [0.717, 1.165) is 21.5 Å². The van der Waals surface area contributed by atoms with Crippen LogP contribution in [0.15, 0.2) is 16.6 Å². The lowest BCUT2D eigenvalue weighted by Crippen LogP contribution is -2.04. The van der Waals surface area contributed by atoms with E-state index >= 15 is 0 Å². The van der Waals surface area contributed by atoms with Gasteiger partial charge >= 0.3 is 0 Å². The average Bonchev–Trinajstić information content (AvgIpc) is 2.32. The highest BCUT2D eigenvalue weighted by Crippen LogP contribution is 2.40. The van der Waals surface area contributed by atoms with Gasteiger partial charge in [0, 0.05) is 4.47 Å². The van der Waals surface area contributed by atoms with Crippen LogP contribution in [0, 0.1) is 5.92 Å². The third-order valence-corrected chi connectivity index (χ3v) is 3.97. The molecule has 0 spiro atoms. The zero-order chi connectivity index (χ0) is 13.7. The first-order valence-corrected chi connectivity index (χ1v) is 7.47. The van der Waals surface area contributed by atoms with Crippen molar-refractivity contribution in [2.24, 2.45) is 5.92 Å². The molecular formula is C14H20BrClO2. The van der Waals surface area contributed by atoms with E-state index < -0.39 is 0 Å². The summed E-state index contributed by atoms with van der Waals surface area (Å²) in [5.74, 6) is 1.86. The maximum absolute atomic E-state index is 6.42. The van der Waals surface area contributed by atoms with Gasteiger partial charge in [-0.1, -0.05) is 29.8 Å². The molecule has 0 bridgehead atoms. The first-order valence-electron chi connectivity index (χ1n) is 6.24. The van der Waals surface area contributed by atoms with Gasteiger partial charge in [-0.05, 0) is 37.5 Å². The van der Waals surface area contributed by atoms with Gasteiger partial charge in [-0.15, -0.1) is 11.6 Å². The summed E-state index contributed by atoms with van der Waals surface area (Å²) in [7, 11) is 0. The zero-order valence-electron chi connectivity index (χ0n) is 11.3. The van der Waals surface area contributed by atoms with E-state index in [1.54, 1.807) is 0 Å². The molecule has 4 heteroatoms. The topological polar surface area (TPSA) is 18.5 Å². The number of alkyl halides is 1. The first kappa shape index (κ1) is 15.6. The molecule has 0 amide bonds. The molecular weight excluding hydrogens is 316 g/mol. The molecule has 0 radical (unpaired) electrons. The molecule has 1 aromatic rings. The molecule has 1 unspecified atom stereocenters. The van der Waals surface area contributed by atoms with E-state index in [2.05, 4.69) is 29.8 Å². The molecule has 1 atom stereocenters. The van der Waals surface area contributed by atoms with Crippen molar-refractivity contribution in [3.05, 3.63) is 22.2 Å². The molecule has 0 aliphatic heterocycles. The summed E-state index contributed by atoms with van der Waals surface area (Å²) in [4.78, 5) is 0. The van der Waals surface area contributed by atoms with Crippen LogP contribution in [0.1, 0.15) is 38.6 Å². The van der Waals surface area contributed by atoms with Gasteiger partial charge in [-0.2, -0.15) is 0 Å². The summed E-state index contributed by atoms with van der Waals surface area (Å²) in [5.41, 5.74) is 1.04. The lowest BCUT2D eigenvalue weighted by atomic mass is 10.0. The van der Waals surface area contributed by atoms with Crippen molar-refractivity contribution in [1.82, 2.24) is 0 Å². The first-order chi connectivity index (χ1) is 8.51. The summed E-state index contributed by atoms with van der Waals surface area (Å²) in [6.07, 6.45) is 0. The van der Waals surface area contributed by atoms with Crippen LogP contribution in [0.3, 0.4) is 0 Å². The van der Waals surface area contributed by atoms with Crippen molar-refractivity contribution < 1.29 is 9.47 Å². The fourth-order valence-corrected chi connectivity index (χ4v) is 2.54. The third kappa shape index (κ3) is 3.79. The SMILES string of the molecule is CCOc1cc(Br)c(C(Cl)C(C)C)cc1OCC. The third-order valence-electron chi connectivity index (χ3n) is 2.55. The molecule has 0 fully saturated rings. The molecule has 2 nitrogen and oxygen atoms in total. The van der Waals surface area contributed by atoms with Crippen molar-refractivity contribution >= 4 is 27.5 Å². The Hall–Kier alpha value is -0.410. The highest BCUT2D eigenvalue weighted by Gasteiger charge is 2.19. The fourth-order valence-electron chi connectivity index (χ4n) is 1.66. The molecule has 1 aromatic carbocycles. The van der Waals surface area contributed by atoms with Gasteiger partial charge in [0.2, 0.25) is 0 Å². The second kappa shape index (κ2) is 7.25. The van der Waals surface area contributed by atoms with Crippen LogP contribution in [0.5, 0.6) is 11.5 Å². The van der Waals surface area contributed by atoms with E-state index in [4.69, 9.17) is 21.1 Å². The lowest BCUT2D eigenvalue weighted by molar-refractivity contribution is 0.287. The van der Waals surface area contributed by atoms with Gasteiger partial charge in [-0.3, -0.25) is 0 Å². The van der Waals surface area contributed by atoms with Gasteiger partial charge in [0.15, 0.2) is 11.5 Å². The zero-order valence-corrected chi connectivity index (χ0v) is 13.6. The minimum absolute atomic E-state index is 0.0470. The maximum atomic E-state index is 6.42. The monoisotopic (exact) mass is 334 g/mol. The smallest absolute Gasteiger partial charge is 0.162 e. The van der Waals surface area contributed by atoms with E-state index in [-0.39, 0.29) is 5.38 Å². The largest absolute Gasteiger partial charge is 0.490 e. The van der Waals surface area contributed by atoms with Crippen LogP contribution in [0.4, 0.5) is 0 Å². The second-order valence-electron chi connectivity index (χ2n) is 4.33. The molecule has 0 N–H and O–H groups in total. The molecule has 0 saturated heterocycles. The summed E-state index contributed by atoms with van der Waals surface area (Å²) in [5, 5.41) is -0.0470. The minimum Gasteiger partial charge on any atom is -0.490 e. The quantitative estimate of drug-likeness (QED) is 0.667. The van der Waals surface area contributed by atoms with Crippen molar-refractivity contribution in [1.29, 1.82) is 0 Å². The molecule has 18 heavy (non-hydrogen) atoms. The Morgan fingerprint density at radius 2 is 1.61 bits per heavy atom. The van der Waals surface area contributed by atoms with E-state index in [1.807, 2.05) is 26.0 Å². The van der Waals surface area contributed by atoms with Gasteiger partial charge in [0.1, 0.15) is 0 Å². The average molecular weight is 336 g/mol. The maximum Gasteiger partial charge on any atom is 0.162 e. The minimum atomic E-state index is -0.0470. The number of hydrogen-bond donors (Lipinski definition) is 0. The van der Waals surface area contributed by atoms with Gasteiger partial charge in [0.25, 0.3) is 0 Å². The molecule has 0 aromatic heterocycles. The number of hydrogen-bond acceptors (Lipinski definition) is 2. The van der Waals surface area contributed by atoms with Gasteiger partial charge in [-0.25, -0.2) is 0 Å². The Kier molecular flexibility index (Phi) is 6.30. The number of ether oxygens (including phenoxy) is 2. The highest BCUT2D eigenvalue weighted by molar-refractivity contribution is 9.10. The summed E-state index contributed by atoms with van der Waals surface area (Å²) in [6.45, 7) is 9.33. The van der Waals surface area contributed by atoms with Crippen LogP contribution < -0.4 is 9.47 Å². The van der Waals surface area contributed by atoms with Crippen molar-refractivity contribution in [2.75, 3.05) is 13.2 Å². The Bertz CT molecular complexity index is 394. The molecule has 0 saturated carbocycles. The molecule has 102 valence electrons. The summed E-state index contributed by atoms with van der Waals surface area (Å²) >= 11 is 9.97. The lowest BCUT2D eigenvalue weighted by Gasteiger charge is -2.19. The van der Waals surface area contributed by atoms with E-state index in [1.165, 1.54) is 0 Å². The van der Waals surface area contributed by atoms with E-state index in [9.17, 15) is 0 Å². The summed E-state index contributed by atoms with van der Waals surface area (Å²) < 4.78 is 12.1. The highest BCUT2D eigenvalue weighted by atomic mass is 79.9. The predicted molar refractivity (Wildman–Crippen MR) is 79.9 cm³/mol. The second-order valence-corrected chi connectivity index (χ2v) is 5.66. The van der Waals surface area contributed by atoms with Crippen molar-refractivity contribution in [3.63, 3.8) is 0 Å². The Morgan fingerprint density at radius 1 is 1.11 bits per heavy atom. The van der Waals surface area contributed by atoms with Crippen LogP contribution in [-0.4, -0.2) is 13.2 Å². The fraction of sp³-hybridized carbons (Fsp3) is 0.571. The van der Waals surface area contributed by atoms with Crippen molar-refractivity contribution in [3.8, 4) is 11.5 Å². The van der Waals surface area contributed by atoms with E-state index in [0.29, 0.717) is 19.1 Å². The predicted octanol–water partition coefficient (Wildman–Crippen LogP) is 5.18. The number of rotatable bonds is 6. The van der Waals surface area contributed by atoms with Gasteiger partial charge in [0.05, 0.1) is 18.6 Å². The number of halogens is 2. The van der Waals surface area contributed by atoms with Gasteiger partial charge < -0.3 is 9.47 Å². The molecule has 0 heterocycles. The van der Waals surface area contributed by atoms with Crippen LogP contribution in [0.2, 0.25) is 0 Å². The normalized spacial score (nSPS) is 12.6. The molecule has 0 aliphatic carbocycles. The van der Waals surface area contributed by atoms with Crippen LogP contribution in [0.25, 0.3) is 0 Å². The Morgan fingerprint density at radius 3 is 2.06 bits per heavy atom. The summed E-state index contributed by atoms with van der Waals surface area (Å²) in [6, 6.07) is 3.90. The Balaban J connectivity index is 3.17. The standard InChI is InChI=1S/C14H20BrClO2/c1-5-17-12-7-10(14(16)9(3)4)11(15)8-13(12)18-6-2/h7-9,14H,5-6H2,1-4H3.